The number of aromatic nitrogens is 4. The van der Waals surface area contributed by atoms with Crippen LogP contribution in [0, 0.1) is 0 Å². The average molecular weight is 343 g/mol. The van der Waals surface area contributed by atoms with Crippen LogP contribution in [0.4, 0.5) is 0 Å². The average Bonchev–Trinajstić information content (AvgIpc) is 3.25. The molecule has 0 unspecified atom stereocenters. The van der Waals surface area contributed by atoms with Gasteiger partial charge in [-0.2, -0.15) is 9.36 Å². The molecule has 8 heteroatoms. The molecule has 2 heterocycles. The first kappa shape index (κ1) is 16.1. The second-order valence-corrected chi connectivity index (χ2v) is 6.20. The Morgan fingerprint density at radius 3 is 2.71 bits per heavy atom. The standard InChI is InChI=1S/C16H17N5O2S/c1-12(13-6-3-2-4-7-13)15(22)17-9-10-20-16(23)21(19-18-20)14-8-5-11-24-14/h2-8,11-12H,9-10H2,1H3,(H,17,22)/t12-/m1/s1. The van der Waals surface area contributed by atoms with Crippen LogP contribution in [-0.2, 0) is 11.3 Å². The van der Waals surface area contributed by atoms with E-state index in [0.29, 0.717) is 11.5 Å². The Balaban J connectivity index is 1.57. The minimum absolute atomic E-state index is 0.0834. The third-order valence-corrected chi connectivity index (χ3v) is 4.51. The van der Waals surface area contributed by atoms with Crippen molar-refractivity contribution in [1.82, 2.24) is 25.1 Å². The fraction of sp³-hybridized carbons (Fsp3) is 0.250. The molecule has 124 valence electrons. The highest BCUT2D eigenvalue weighted by Crippen LogP contribution is 2.14. The number of nitrogens with zero attached hydrogens (tertiary/aromatic N) is 4. The Hall–Kier alpha value is -2.74. The summed E-state index contributed by atoms with van der Waals surface area (Å²) in [5.74, 6) is -0.329. The van der Waals surface area contributed by atoms with Crippen molar-refractivity contribution in [3.63, 3.8) is 0 Å². The van der Waals surface area contributed by atoms with E-state index in [2.05, 4.69) is 15.7 Å². The van der Waals surface area contributed by atoms with Crippen molar-refractivity contribution < 1.29 is 4.79 Å². The van der Waals surface area contributed by atoms with E-state index >= 15 is 0 Å². The van der Waals surface area contributed by atoms with Gasteiger partial charge in [0.05, 0.1) is 12.5 Å². The lowest BCUT2D eigenvalue weighted by molar-refractivity contribution is -0.122. The molecule has 0 aliphatic rings. The van der Waals surface area contributed by atoms with Gasteiger partial charge in [0.15, 0.2) is 0 Å². The first-order valence-electron chi connectivity index (χ1n) is 7.56. The van der Waals surface area contributed by atoms with E-state index < -0.39 is 0 Å². The van der Waals surface area contributed by atoms with Gasteiger partial charge in [-0.25, -0.2) is 4.79 Å². The van der Waals surface area contributed by atoms with Crippen LogP contribution in [0.25, 0.3) is 5.00 Å². The summed E-state index contributed by atoms with van der Waals surface area (Å²) in [5, 5.41) is 13.1. The van der Waals surface area contributed by atoms with Crippen molar-refractivity contribution in [3.05, 3.63) is 63.9 Å². The Morgan fingerprint density at radius 2 is 2.00 bits per heavy atom. The summed E-state index contributed by atoms with van der Waals surface area (Å²) in [4.78, 5) is 24.4. The highest BCUT2D eigenvalue weighted by molar-refractivity contribution is 7.12. The highest BCUT2D eigenvalue weighted by Gasteiger charge is 2.15. The van der Waals surface area contributed by atoms with Crippen LogP contribution in [0.2, 0.25) is 0 Å². The van der Waals surface area contributed by atoms with Crippen molar-refractivity contribution in [3.8, 4) is 5.00 Å². The fourth-order valence-electron chi connectivity index (χ4n) is 2.27. The van der Waals surface area contributed by atoms with Crippen molar-refractivity contribution in [2.45, 2.75) is 19.4 Å². The van der Waals surface area contributed by atoms with Crippen LogP contribution in [0.1, 0.15) is 18.4 Å². The molecule has 0 saturated carbocycles. The molecule has 0 aliphatic carbocycles. The Kier molecular flexibility index (Phi) is 4.85. The van der Waals surface area contributed by atoms with Crippen LogP contribution < -0.4 is 11.0 Å². The van der Waals surface area contributed by atoms with Crippen LogP contribution in [0.15, 0.2) is 52.6 Å². The monoisotopic (exact) mass is 343 g/mol. The molecule has 0 saturated heterocycles. The number of tetrazole rings is 1. The van der Waals surface area contributed by atoms with Crippen LogP contribution in [0.3, 0.4) is 0 Å². The van der Waals surface area contributed by atoms with Gasteiger partial charge in [-0.3, -0.25) is 4.79 Å². The maximum Gasteiger partial charge on any atom is 0.369 e. The van der Waals surface area contributed by atoms with E-state index in [9.17, 15) is 9.59 Å². The van der Waals surface area contributed by atoms with E-state index in [1.165, 1.54) is 20.7 Å². The fourth-order valence-corrected chi connectivity index (χ4v) is 2.94. The number of benzene rings is 1. The summed E-state index contributed by atoms with van der Waals surface area (Å²) in [6, 6.07) is 13.2. The van der Waals surface area contributed by atoms with E-state index in [1.54, 1.807) is 6.07 Å². The first-order valence-corrected chi connectivity index (χ1v) is 8.44. The maximum absolute atomic E-state index is 12.2. The molecule has 3 aromatic rings. The minimum Gasteiger partial charge on any atom is -0.354 e. The summed E-state index contributed by atoms with van der Waals surface area (Å²) in [5.41, 5.74) is 0.638. The predicted octanol–water partition coefficient (Wildman–Crippen LogP) is 1.41. The van der Waals surface area contributed by atoms with Gasteiger partial charge in [-0.1, -0.05) is 30.3 Å². The molecule has 0 fully saturated rings. The molecule has 1 N–H and O–H groups in total. The van der Waals surface area contributed by atoms with E-state index in [-0.39, 0.29) is 24.1 Å². The molecule has 7 nitrogen and oxygen atoms in total. The molecule has 0 bridgehead atoms. The molecule has 1 atom stereocenters. The lowest BCUT2D eigenvalue weighted by Gasteiger charge is -2.12. The Labute approximate surface area is 142 Å². The molecule has 0 radical (unpaired) electrons. The second-order valence-electron chi connectivity index (χ2n) is 5.27. The molecular weight excluding hydrogens is 326 g/mol. The summed E-state index contributed by atoms with van der Waals surface area (Å²) in [7, 11) is 0. The van der Waals surface area contributed by atoms with Gasteiger partial charge < -0.3 is 5.32 Å². The molecule has 3 rings (SSSR count). The largest absolute Gasteiger partial charge is 0.369 e. The third-order valence-electron chi connectivity index (χ3n) is 3.67. The first-order chi connectivity index (χ1) is 11.7. The smallest absolute Gasteiger partial charge is 0.354 e. The zero-order valence-electron chi connectivity index (χ0n) is 13.1. The summed E-state index contributed by atoms with van der Waals surface area (Å²) >= 11 is 1.41. The van der Waals surface area contributed by atoms with E-state index in [4.69, 9.17) is 0 Å². The van der Waals surface area contributed by atoms with Crippen molar-refractivity contribution in [2.75, 3.05) is 6.54 Å². The SMILES string of the molecule is C[C@@H](C(=O)NCCn1nnn(-c2cccs2)c1=O)c1ccccc1. The predicted molar refractivity (Wildman–Crippen MR) is 91.4 cm³/mol. The van der Waals surface area contributed by atoms with Gasteiger partial charge >= 0.3 is 5.69 Å². The van der Waals surface area contributed by atoms with Crippen LogP contribution >= 0.6 is 11.3 Å². The highest BCUT2D eigenvalue weighted by atomic mass is 32.1. The Morgan fingerprint density at radius 1 is 1.21 bits per heavy atom. The number of rotatable bonds is 6. The van der Waals surface area contributed by atoms with Crippen molar-refractivity contribution in [2.24, 2.45) is 0 Å². The Bertz CT molecular complexity index is 854. The number of hydrogen-bond donors (Lipinski definition) is 1. The molecule has 24 heavy (non-hydrogen) atoms. The van der Waals surface area contributed by atoms with Gasteiger partial charge in [0.1, 0.15) is 5.00 Å². The van der Waals surface area contributed by atoms with Crippen LogP contribution in [-0.4, -0.2) is 32.2 Å². The lowest BCUT2D eigenvalue weighted by Crippen LogP contribution is -2.33. The number of hydrogen-bond acceptors (Lipinski definition) is 5. The van der Waals surface area contributed by atoms with Crippen molar-refractivity contribution in [1.29, 1.82) is 0 Å². The van der Waals surface area contributed by atoms with Gasteiger partial charge in [0, 0.05) is 6.54 Å². The minimum atomic E-state index is -0.317. The number of nitrogens with one attached hydrogen (secondary N) is 1. The van der Waals surface area contributed by atoms with Crippen LogP contribution in [0.5, 0.6) is 0 Å². The number of thiophene rings is 1. The molecule has 1 amide bonds. The van der Waals surface area contributed by atoms with Crippen molar-refractivity contribution >= 4 is 17.2 Å². The normalized spacial score (nSPS) is 12.0. The lowest BCUT2D eigenvalue weighted by atomic mass is 10.0. The number of amides is 1. The molecule has 0 aliphatic heterocycles. The zero-order chi connectivity index (χ0) is 16.9. The quantitative estimate of drug-likeness (QED) is 0.734. The molecule has 1 aromatic carbocycles. The molecule has 2 aromatic heterocycles. The van der Waals surface area contributed by atoms with Gasteiger partial charge in [-0.05, 0) is 40.4 Å². The zero-order valence-corrected chi connectivity index (χ0v) is 13.9. The third kappa shape index (κ3) is 3.43. The second kappa shape index (κ2) is 7.22. The van der Waals surface area contributed by atoms with E-state index in [0.717, 1.165) is 5.56 Å². The number of carbonyl (C=O) groups is 1. The van der Waals surface area contributed by atoms with Gasteiger partial charge in [0.2, 0.25) is 5.91 Å². The maximum atomic E-state index is 12.2. The van der Waals surface area contributed by atoms with Gasteiger partial charge in [-0.15, -0.1) is 11.3 Å². The topological polar surface area (TPSA) is 81.8 Å². The summed E-state index contributed by atoms with van der Waals surface area (Å²) in [6.45, 7) is 2.44. The van der Waals surface area contributed by atoms with Gasteiger partial charge in [0.25, 0.3) is 0 Å². The molecule has 0 spiro atoms. The van der Waals surface area contributed by atoms with E-state index in [1.807, 2.05) is 48.7 Å². The summed E-state index contributed by atoms with van der Waals surface area (Å²) in [6.07, 6.45) is 0. The summed E-state index contributed by atoms with van der Waals surface area (Å²) < 4.78 is 2.49. The number of carbonyl (C=O) groups excluding carboxylic acids is 1. The molecular formula is C16H17N5O2S.